The van der Waals surface area contributed by atoms with Crippen molar-refractivity contribution in [2.24, 2.45) is 0 Å². The van der Waals surface area contributed by atoms with Crippen LogP contribution in [0.3, 0.4) is 0 Å². The number of carbonyl (C=O) groups excluding carboxylic acids is 1. The van der Waals surface area contributed by atoms with Crippen LogP contribution < -0.4 is 15.3 Å². The Morgan fingerprint density at radius 3 is 2.30 bits per heavy atom. The minimum Gasteiger partial charge on any atom is -0.459 e. The van der Waals surface area contributed by atoms with Gasteiger partial charge in [-0.1, -0.05) is 66.7 Å². The normalized spacial score (nSPS) is 14.5. The van der Waals surface area contributed by atoms with Crippen LogP contribution >= 0.6 is 7.75 Å². The van der Waals surface area contributed by atoms with Crippen LogP contribution in [0.1, 0.15) is 52.0 Å². The van der Waals surface area contributed by atoms with Crippen molar-refractivity contribution in [1.29, 1.82) is 0 Å². The Bertz CT molecular complexity index is 1840. The van der Waals surface area contributed by atoms with Gasteiger partial charge in [0, 0.05) is 12.0 Å². The molecule has 0 saturated heterocycles. The van der Waals surface area contributed by atoms with E-state index in [1.807, 2.05) is 47.9 Å². The molecule has 0 bridgehead atoms. The van der Waals surface area contributed by atoms with Gasteiger partial charge in [0.15, 0.2) is 5.82 Å². The Morgan fingerprint density at radius 2 is 1.63 bits per heavy atom. The topological polar surface area (TPSA) is 140 Å². The summed E-state index contributed by atoms with van der Waals surface area (Å²) in [6, 6.07) is 24.1. The molecule has 0 amide bonds. The first-order valence-electron chi connectivity index (χ1n) is 15.2. The van der Waals surface area contributed by atoms with Crippen LogP contribution in [0.4, 0.5) is 5.82 Å². The van der Waals surface area contributed by atoms with E-state index in [1.54, 1.807) is 76.2 Å². The molecule has 0 aliphatic rings. The number of benzene rings is 3. The van der Waals surface area contributed by atoms with Gasteiger partial charge in [-0.3, -0.25) is 4.52 Å². The number of hydrogen-bond acceptors (Lipinski definition) is 9. The third-order valence-electron chi connectivity index (χ3n) is 6.91. The molecule has 2 heterocycles. The molecular formula is C34H40N5O6P. The number of nitrogens with two attached hydrogens (primary N) is 1. The van der Waals surface area contributed by atoms with Crippen LogP contribution in [-0.2, 0) is 36.5 Å². The number of esters is 1. The Morgan fingerprint density at radius 1 is 0.978 bits per heavy atom. The van der Waals surface area contributed by atoms with E-state index in [0.29, 0.717) is 40.6 Å². The summed E-state index contributed by atoms with van der Waals surface area (Å²) in [7, 11) is -4.26. The maximum atomic E-state index is 14.7. The minimum atomic E-state index is -4.26. The summed E-state index contributed by atoms with van der Waals surface area (Å²) in [4.78, 5) is 22.8. The first-order chi connectivity index (χ1) is 22.0. The number of pyridine rings is 1. The predicted molar refractivity (Wildman–Crippen MR) is 178 cm³/mol. The highest BCUT2D eigenvalue weighted by molar-refractivity contribution is 7.52. The van der Waals surface area contributed by atoms with Gasteiger partial charge in [0.1, 0.15) is 35.3 Å². The van der Waals surface area contributed by atoms with Gasteiger partial charge in [-0.05, 0) is 58.4 Å². The second-order valence-electron chi connectivity index (χ2n) is 11.8. The van der Waals surface area contributed by atoms with Crippen LogP contribution in [0.15, 0.2) is 84.9 Å². The number of nitrogens with one attached hydrogen (secondary N) is 1. The summed E-state index contributed by atoms with van der Waals surface area (Å²) >= 11 is 0. The summed E-state index contributed by atoms with van der Waals surface area (Å²) in [5.41, 5.74) is 8.12. The fourth-order valence-corrected chi connectivity index (χ4v) is 6.73. The van der Waals surface area contributed by atoms with Gasteiger partial charge in [0.25, 0.3) is 0 Å². The summed E-state index contributed by atoms with van der Waals surface area (Å²) in [6.07, 6.45) is -0.719. The lowest BCUT2D eigenvalue weighted by Crippen LogP contribution is -2.35. The summed E-state index contributed by atoms with van der Waals surface area (Å²) < 4.78 is 40.4. The quantitative estimate of drug-likeness (QED) is 0.102. The van der Waals surface area contributed by atoms with Crippen molar-refractivity contribution in [3.8, 4) is 5.75 Å². The molecule has 12 heteroatoms. The van der Waals surface area contributed by atoms with Crippen LogP contribution in [-0.4, -0.2) is 38.8 Å². The Labute approximate surface area is 268 Å². The molecule has 5 rings (SSSR count). The van der Waals surface area contributed by atoms with E-state index in [1.165, 1.54) is 0 Å². The zero-order valence-corrected chi connectivity index (χ0v) is 27.6. The zero-order valence-electron chi connectivity index (χ0n) is 26.7. The molecule has 3 atom stereocenters. The Hall–Kier alpha value is -4.28. The first-order valence-corrected chi connectivity index (χ1v) is 16.7. The van der Waals surface area contributed by atoms with Crippen LogP contribution in [0.25, 0.3) is 21.9 Å². The molecule has 242 valence electrons. The van der Waals surface area contributed by atoms with E-state index >= 15 is 0 Å². The molecule has 0 unspecified atom stereocenters. The number of para-hydroxylation sites is 2. The third kappa shape index (κ3) is 7.92. The van der Waals surface area contributed by atoms with Crippen molar-refractivity contribution in [3.63, 3.8) is 0 Å². The van der Waals surface area contributed by atoms with Gasteiger partial charge in [-0.2, -0.15) is 5.09 Å². The number of nitrogen functional groups attached to an aromatic ring is 1. The van der Waals surface area contributed by atoms with Gasteiger partial charge in [0.05, 0.1) is 23.7 Å². The van der Waals surface area contributed by atoms with Crippen molar-refractivity contribution in [3.05, 3.63) is 96.3 Å². The zero-order chi connectivity index (χ0) is 32.9. The molecule has 0 radical (unpaired) electrons. The lowest BCUT2D eigenvalue weighted by Gasteiger charge is -2.29. The number of aromatic nitrogens is 3. The summed E-state index contributed by atoms with van der Waals surface area (Å²) in [5.74, 6) is 0.582. The van der Waals surface area contributed by atoms with Crippen molar-refractivity contribution < 1.29 is 27.9 Å². The molecule has 0 aliphatic carbocycles. The standard InChI is InChI=1S/C34H40N5O6P/c1-6-42-22-28-37-30-31(26-19-13-14-20-27(26)36-32(30)35)39(28)21-23(2)44-46(41,45-25-17-11-8-12-18-25)38-29(24-15-9-7-10-16-24)33(40)43-34(3,4)5/h7-20,23,29H,6,21-22H2,1-5H3,(H2,35,36)(H,38,41)/t23-,29+,46-/m1/s1. The van der Waals surface area contributed by atoms with Crippen LogP contribution in [0, 0.1) is 0 Å². The summed E-state index contributed by atoms with van der Waals surface area (Å²) in [5, 5.41) is 3.76. The monoisotopic (exact) mass is 645 g/mol. The highest BCUT2D eigenvalue weighted by Gasteiger charge is 2.38. The molecule has 0 fully saturated rings. The Kier molecular flexibility index (Phi) is 10.1. The van der Waals surface area contributed by atoms with Gasteiger partial charge in [-0.15, -0.1) is 0 Å². The average molecular weight is 646 g/mol. The van der Waals surface area contributed by atoms with Crippen molar-refractivity contribution in [2.75, 3.05) is 12.3 Å². The molecule has 3 aromatic carbocycles. The second kappa shape index (κ2) is 14.0. The van der Waals surface area contributed by atoms with Crippen molar-refractivity contribution >= 4 is 41.5 Å². The fourth-order valence-electron chi connectivity index (χ4n) is 5.06. The van der Waals surface area contributed by atoms with E-state index in [-0.39, 0.29) is 13.2 Å². The van der Waals surface area contributed by atoms with Crippen molar-refractivity contribution in [1.82, 2.24) is 19.6 Å². The van der Waals surface area contributed by atoms with E-state index in [9.17, 15) is 9.36 Å². The average Bonchev–Trinajstić information content (AvgIpc) is 3.37. The largest absolute Gasteiger partial charge is 0.460 e. The van der Waals surface area contributed by atoms with Gasteiger partial charge >= 0.3 is 13.7 Å². The Balaban J connectivity index is 1.53. The number of ether oxygens (including phenoxy) is 2. The smallest absolute Gasteiger partial charge is 0.459 e. The summed E-state index contributed by atoms with van der Waals surface area (Å²) in [6.45, 7) is 9.90. The van der Waals surface area contributed by atoms with Crippen molar-refractivity contribution in [2.45, 2.75) is 65.5 Å². The lowest BCUT2D eigenvalue weighted by atomic mass is 10.1. The number of anilines is 1. The number of hydrogen-bond donors (Lipinski definition) is 2. The minimum absolute atomic E-state index is 0.207. The first kappa shape index (κ1) is 33.1. The maximum absolute atomic E-state index is 14.7. The van der Waals surface area contributed by atoms with Crippen LogP contribution in [0.5, 0.6) is 5.75 Å². The maximum Gasteiger partial charge on any atom is 0.460 e. The van der Waals surface area contributed by atoms with E-state index in [4.69, 9.17) is 29.2 Å². The lowest BCUT2D eigenvalue weighted by molar-refractivity contribution is -0.157. The number of nitrogens with zero attached hydrogens (tertiary/aromatic N) is 3. The number of rotatable bonds is 13. The number of fused-ring (bicyclic) bond motifs is 3. The molecule has 2 aromatic heterocycles. The number of imidazole rings is 1. The van der Waals surface area contributed by atoms with E-state index in [2.05, 4.69) is 10.1 Å². The van der Waals surface area contributed by atoms with E-state index < -0.39 is 31.5 Å². The van der Waals surface area contributed by atoms with Gasteiger partial charge in [0.2, 0.25) is 0 Å². The SMILES string of the molecule is CCOCc1nc2c(N)nc3ccccc3c2n1C[C@@H](C)O[P@](=O)(N[C@H](C(=O)OC(C)(C)C)c1ccccc1)Oc1ccccc1. The molecule has 46 heavy (non-hydrogen) atoms. The third-order valence-corrected chi connectivity index (χ3v) is 8.58. The molecule has 0 saturated carbocycles. The highest BCUT2D eigenvalue weighted by atomic mass is 31.2. The molecule has 3 N–H and O–H groups in total. The molecule has 0 spiro atoms. The number of carbonyl (C=O) groups is 1. The highest BCUT2D eigenvalue weighted by Crippen LogP contribution is 2.48. The van der Waals surface area contributed by atoms with E-state index in [0.717, 1.165) is 10.9 Å². The molecule has 5 aromatic rings. The van der Waals surface area contributed by atoms with Crippen LogP contribution in [0.2, 0.25) is 0 Å². The fraction of sp³-hybridized carbons (Fsp3) is 0.324. The van der Waals surface area contributed by atoms with Gasteiger partial charge < -0.3 is 24.3 Å². The van der Waals surface area contributed by atoms with Gasteiger partial charge in [-0.25, -0.2) is 19.3 Å². The second-order valence-corrected chi connectivity index (χ2v) is 13.5. The molecule has 11 nitrogen and oxygen atoms in total. The molecular weight excluding hydrogens is 605 g/mol. The molecule has 0 aliphatic heterocycles. The predicted octanol–water partition coefficient (Wildman–Crippen LogP) is 6.97.